The van der Waals surface area contributed by atoms with Crippen molar-refractivity contribution in [2.75, 3.05) is 52.5 Å². The number of piperazine rings is 1. The van der Waals surface area contributed by atoms with Crippen molar-refractivity contribution >= 4 is 23.4 Å². The molecule has 2 rings (SSSR count). The first-order valence-corrected chi connectivity index (χ1v) is 9.39. The molecule has 0 saturated carbocycles. The van der Waals surface area contributed by atoms with Gasteiger partial charge in [-0.2, -0.15) is 0 Å². The second-order valence-corrected chi connectivity index (χ2v) is 6.75. The average Bonchev–Trinajstić information content (AvgIpc) is 2.62. The topological polar surface area (TPSA) is 59.1 Å². The third-order valence-corrected chi connectivity index (χ3v) is 4.50. The zero-order chi connectivity index (χ0) is 18.8. The third kappa shape index (κ3) is 7.83. The standard InChI is InChI=1S/C19H27ClN2O4/c1-2-26-19(24)13-18(23)15-25-12-11-21-7-9-22(10-8-21)14-16-3-5-17(20)6-4-16/h3-6H,2,7-15H2,1H3. The number of rotatable bonds is 10. The summed E-state index contributed by atoms with van der Waals surface area (Å²) in [5.41, 5.74) is 1.27. The van der Waals surface area contributed by atoms with Crippen molar-refractivity contribution in [1.29, 1.82) is 0 Å². The lowest BCUT2D eigenvalue weighted by Crippen LogP contribution is -2.46. The van der Waals surface area contributed by atoms with E-state index in [-0.39, 0.29) is 25.4 Å². The molecule has 0 spiro atoms. The molecule has 144 valence electrons. The summed E-state index contributed by atoms with van der Waals surface area (Å²) in [6.07, 6.45) is -0.211. The number of carbonyl (C=O) groups is 2. The second-order valence-electron chi connectivity index (χ2n) is 6.32. The predicted molar refractivity (Wildman–Crippen MR) is 100 cm³/mol. The van der Waals surface area contributed by atoms with Crippen molar-refractivity contribution < 1.29 is 19.1 Å². The minimum atomic E-state index is -0.488. The van der Waals surface area contributed by atoms with E-state index in [4.69, 9.17) is 21.1 Å². The molecular formula is C19H27ClN2O4. The van der Waals surface area contributed by atoms with Gasteiger partial charge in [0.1, 0.15) is 13.0 Å². The van der Waals surface area contributed by atoms with E-state index in [1.54, 1.807) is 6.92 Å². The molecule has 1 aromatic rings. The fourth-order valence-corrected chi connectivity index (χ4v) is 2.95. The molecule has 0 bridgehead atoms. The van der Waals surface area contributed by atoms with Crippen LogP contribution in [0, 0.1) is 0 Å². The average molecular weight is 383 g/mol. The van der Waals surface area contributed by atoms with Gasteiger partial charge >= 0.3 is 5.97 Å². The van der Waals surface area contributed by atoms with E-state index in [1.165, 1.54) is 5.56 Å². The van der Waals surface area contributed by atoms with Gasteiger partial charge < -0.3 is 9.47 Å². The van der Waals surface area contributed by atoms with E-state index in [0.717, 1.165) is 44.3 Å². The molecule has 0 N–H and O–H groups in total. The lowest BCUT2D eigenvalue weighted by atomic mass is 10.2. The normalized spacial score (nSPS) is 15.8. The van der Waals surface area contributed by atoms with Crippen molar-refractivity contribution in [2.24, 2.45) is 0 Å². The van der Waals surface area contributed by atoms with Gasteiger partial charge in [-0.25, -0.2) is 0 Å². The highest BCUT2D eigenvalue weighted by molar-refractivity contribution is 6.30. The van der Waals surface area contributed by atoms with Gasteiger partial charge in [-0.05, 0) is 24.6 Å². The number of hydrogen-bond acceptors (Lipinski definition) is 6. The Balaban J connectivity index is 1.55. The van der Waals surface area contributed by atoms with Crippen LogP contribution in [0.3, 0.4) is 0 Å². The van der Waals surface area contributed by atoms with Gasteiger partial charge in [-0.15, -0.1) is 0 Å². The van der Waals surface area contributed by atoms with Crippen molar-refractivity contribution in [2.45, 2.75) is 19.9 Å². The highest BCUT2D eigenvalue weighted by Gasteiger charge is 2.17. The molecule has 1 aliphatic heterocycles. The molecule has 7 heteroatoms. The first kappa shape index (κ1) is 20.8. The molecule has 1 fully saturated rings. The summed E-state index contributed by atoms with van der Waals surface area (Å²) in [7, 11) is 0. The van der Waals surface area contributed by atoms with E-state index in [1.807, 2.05) is 12.1 Å². The lowest BCUT2D eigenvalue weighted by molar-refractivity contribution is -0.146. The predicted octanol–water partition coefficient (Wildman–Crippen LogP) is 2.00. The molecule has 0 radical (unpaired) electrons. The smallest absolute Gasteiger partial charge is 0.313 e. The minimum Gasteiger partial charge on any atom is -0.466 e. The Labute approximate surface area is 160 Å². The molecule has 0 unspecified atom stereocenters. The summed E-state index contributed by atoms with van der Waals surface area (Å²) in [5.74, 6) is -0.728. The molecule has 0 aliphatic carbocycles. The van der Waals surface area contributed by atoms with Crippen LogP contribution in [-0.2, 0) is 25.6 Å². The van der Waals surface area contributed by atoms with Crippen LogP contribution in [0.15, 0.2) is 24.3 Å². The molecule has 1 aliphatic rings. The number of carbonyl (C=O) groups excluding carboxylic acids is 2. The van der Waals surface area contributed by atoms with E-state index >= 15 is 0 Å². The number of halogens is 1. The highest BCUT2D eigenvalue weighted by Crippen LogP contribution is 2.12. The van der Waals surface area contributed by atoms with E-state index in [9.17, 15) is 9.59 Å². The number of benzene rings is 1. The molecule has 1 aromatic carbocycles. The molecule has 1 saturated heterocycles. The van der Waals surface area contributed by atoms with Crippen LogP contribution in [0.2, 0.25) is 5.02 Å². The number of ketones is 1. The summed E-state index contributed by atoms with van der Waals surface area (Å²) >= 11 is 5.92. The first-order valence-electron chi connectivity index (χ1n) is 9.01. The van der Waals surface area contributed by atoms with Gasteiger partial charge in [0.05, 0.1) is 13.2 Å². The van der Waals surface area contributed by atoms with Crippen LogP contribution in [0.25, 0.3) is 0 Å². The van der Waals surface area contributed by atoms with Gasteiger partial charge in [0.2, 0.25) is 0 Å². The van der Waals surface area contributed by atoms with Gasteiger partial charge in [0.25, 0.3) is 0 Å². The minimum absolute atomic E-state index is 0.0324. The molecule has 0 atom stereocenters. The number of nitrogens with zero attached hydrogens (tertiary/aromatic N) is 2. The molecule has 6 nitrogen and oxygen atoms in total. The SMILES string of the molecule is CCOC(=O)CC(=O)COCCN1CCN(Cc2ccc(Cl)cc2)CC1. The summed E-state index contributed by atoms with van der Waals surface area (Å²) in [4.78, 5) is 27.5. The van der Waals surface area contributed by atoms with Gasteiger partial charge in [0, 0.05) is 44.3 Å². The zero-order valence-corrected chi connectivity index (χ0v) is 16.0. The van der Waals surface area contributed by atoms with Crippen molar-refractivity contribution in [3.63, 3.8) is 0 Å². The Kier molecular flexibility index (Phi) is 9.05. The Morgan fingerprint density at radius 2 is 1.73 bits per heavy atom. The van der Waals surface area contributed by atoms with E-state index in [2.05, 4.69) is 21.9 Å². The molecule has 1 heterocycles. The van der Waals surface area contributed by atoms with Crippen LogP contribution in [0.1, 0.15) is 18.9 Å². The zero-order valence-electron chi connectivity index (χ0n) is 15.3. The first-order chi connectivity index (χ1) is 12.6. The summed E-state index contributed by atoms with van der Waals surface area (Å²) in [6, 6.07) is 7.98. The Bertz CT molecular complexity index is 571. The van der Waals surface area contributed by atoms with Crippen LogP contribution in [0.4, 0.5) is 0 Å². The number of esters is 1. The monoisotopic (exact) mass is 382 g/mol. The molecule has 0 amide bonds. The number of Topliss-reactive ketones (excluding diaryl/α,β-unsaturated/α-hetero) is 1. The fraction of sp³-hybridized carbons (Fsp3) is 0.579. The van der Waals surface area contributed by atoms with Crippen LogP contribution >= 0.6 is 11.6 Å². The van der Waals surface area contributed by atoms with Crippen molar-refractivity contribution in [3.05, 3.63) is 34.9 Å². The van der Waals surface area contributed by atoms with Gasteiger partial charge in [-0.1, -0.05) is 23.7 Å². The Morgan fingerprint density at radius 1 is 1.08 bits per heavy atom. The third-order valence-electron chi connectivity index (χ3n) is 4.25. The van der Waals surface area contributed by atoms with Crippen molar-refractivity contribution in [1.82, 2.24) is 9.80 Å². The second kappa shape index (κ2) is 11.3. The molecular weight excluding hydrogens is 356 g/mol. The van der Waals surface area contributed by atoms with Crippen molar-refractivity contribution in [3.8, 4) is 0 Å². The highest BCUT2D eigenvalue weighted by atomic mass is 35.5. The fourth-order valence-electron chi connectivity index (χ4n) is 2.82. The maximum atomic E-state index is 11.6. The molecule has 0 aromatic heterocycles. The van der Waals surface area contributed by atoms with E-state index in [0.29, 0.717) is 6.61 Å². The number of ether oxygens (including phenoxy) is 2. The Hall–Kier alpha value is -1.47. The Morgan fingerprint density at radius 3 is 2.38 bits per heavy atom. The van der Waals surface area contributed by atoms with Gasteiger partial charge in [-0.3, -0.25) is 19.4 Å². The van der Waals surface area contributed by atoms with E-state index < -0.39 is 5.97 Å². The summed E-state index contributed by atoms with van der Waals surface area (Å²) in [5, 5.41) is 0.763. The summed E-state index contributed by atoms with van der Waals surface area (Å²) < 4.78 is 10.1. The quantitative estimate of drug-likeness (QED) is 0.350. The molecule has 26 heavy (non-hydrogen) atoms. The van der Waals surface area contributed by atoms with Crippen LogP contribution in [0.5, 0.6) is 0 Å². The number of hydrogen-bond donors (Lipinski definition) is 0. The lowest BCUT2D eigenvalue weighted by Gasteiger charge is -2.34. The maximum Gasteiger partial charge on any atom is 0.313 e. The summed E-state index contributed by atoms with van der Waals surface area (Å²) in [6.45, 7) is 8.16. The van der Waals surface area contributed by atoms with Gasteiger partial charge in [0.15, 0.2) is 5.78 Å². The van der Waals surface area contributed by atoms with Crippen LogP contribution < -0.4 is 0 Å². The maximum absolute atomic E-state index is 11.6. The van der Waals surface area contributed by atoms with Crippen LogP contribution in [-0.4, -0.2) is 74.1 Å². The largest absolute Gasteiger partial charge is 0.466 e.